The second-order valence-corrected chi connectivity index (χ2v) is 16.1. The summed E-state index contributed by atoms with van der Waals surface area (Å²) in [5, 5.41) is 3.65. The predicted molar refractivity (Wildman–Crippen MR) is 188 cm³/mol. The van der Waals surface area contributed by atoms with E-state index >= 15 is 0 Å². The van der Waals surface area contributed by atoms with Crippen molar-refractivity contribution in [1.29, 1.82) is 0 Å². The van der Waals surface area contributed by atoms with E-state index < -0.39 is 6.04 Å². The molecule has 0 N–H and O–H groups in total. The van der Waals surface area contributed by atoms with Crippen LogP contribution in [0.5, 0.6) is 0 Å². The first-order valence-electron chi connectivity index (χ1n) is 14.7. The third-order valence-electron chi connectivity index (χ3n) is 9.02. The topological polar surface area (TPSA) is 6.48 Å². The van der Waals surface area contributed by atoms with Gasteiger partial charge >= 0.3 is 0 Å². The maximum Gasteiger partial charge on any atom is 0.0573 e. The van der Waals surface area contributed by atoms with Crippen LogP contribution in [0, 0.1) is 0 Å². The highest BCUT2D eigenvalue weighted by molar-refractivity contribution is 8.26. The first-order valence-corrected chi connectivity index (χ1v) is 17.5. The number of hydrogen-bond donors (Lipinski definition) is 0. The van der Waals surface area contributed by atoms with Gasteiger partial charge in [0.1, 0.15) is 0 Å². The number of anilines is 6. The summed E-state index contributed by atoms with van der Waals surface area (Å²) in [6.07, 6.45) is 0. The van der Waals surface area contributed by atoms with Gasteiger partial charge in [-0.05, 0) is 58.9 Å². The minimum absolute atomic E-state index is 0.138. The van der Waals surface area contributed by atoms with Gasteiger partial charge in [-0.2, -0.15) is 0 Å². The van der Waals surface area contributed by atoms with Crippen LogP contribution < -0.4 is 25.7 Å². The van der Waals surface area contributed by atoms with E-state index in [0.717, 1.165) is 22.7 Å². The summed E-state index contributed by atoms with van der Waals surface area (Å²) in [4.78, 5) is 4.89. The number of benzene rings is 6. The van der Waals surface area contributed by atoms with Crippen LogP contribution in [0.1, 0.15) is 25.0 Å². The van der Waals surface area contributed by atoms with Crippen molar-refractivity contribution in [2.45, 2.75) is 19.3 Å². The molecule has 2 heterocycles. The van der Waals surface area contributed by atoms with Crippen molar-refractivity contribution in [2.24, 2.45) is 0 Å². The van der Waals surface area contributed by atoms with Gasteiger partial charge in [0.05, 0.1) is 28.4 Å². The summed E-state index contributed by atoms with van der Waals surface area (Å²) < 4.78 is 0. The standard InChI is InChI=1S/C39H31N2PS/c1-39(2)30-20-9-11-22-32(30)41(33-23-12-10-21-31(33)39)36-26-15-25-35-38(36)42(43,29-18-7-4-8-19-29)37-27-14-13-24-34(37)40(35)28-16-5-3-6-17-28/h3-27H,1-2H3. The average molecular weight is 591 g/mol. The molecule has 1 atom stereocenters. The molecule has 0 fully saturated rings. The Morgan fingerprint density at radius 2 is 0.930 bits per heavy atom. The Morgan fingerprint density at radius 1 is 0.465 bits per heavy atom. The second kappa shape index (κ2) is 9.81. The van der Waals surface area contributed by atoms with E-state index in [1.165, 1.54) is 38.4 Å². The van der Waals surface area contributed by atoms with Gasteiger partial charge < -0.3 is 9.80 Å². The van der Waals surface area contributed by atoms with E-state index in [1.54, 1.807) is 0 Å². The third-order valence-corrected chi connectivity index (χ3v) is 14.0. The lowest BCUT2D eigenvalue weighted by molar-refractivity contribution is 0.632. The number of nitrogens with zero attached hydrogens (tertiary/aromatic N) is 2. The number of rotatable bonds is 3. The van der Waals surface area contributed by atoms with Crippen LogP contribution in [-0.2, 0) is 17.2 Å². The molecule has 2 aliphatic heterocycles. The van der Waals surface area contributed by atoms with Gasteiger partial charge in [0.15, 0.2) is 0 Å². The molecule has 0 saturated carbocycles. The Balaban J connectivity index is 1.52. The van der Waals surface area contributed by atoms with Crippen molar-refractivity contribution >= 4 is 67.9 Å². The zero-order valence-corrected chi connectivity index (χ0v) is 25.9. The molecule has 6 aromatic carbocycles. The first-order chi connectivity index (χ1) is 21.0. The molecule has 43 heavy (non-hydrogen) atoms. The lowest BCUT2D eigenvalue weighted by atomic mass is 9.73. The summed E-state index contributed by atoms with van der Waals surface area (Å²) >= 11 is 7.09. The average Bonchev–Trinajstić information content (AvgIpc) is 3.06. The normalized spacial score (nSPS) is 17.8. The highest BCUT2D eigenvalue weighted by Crippen LogP contribution is 2.59. The van der Waals surface area contributed by atoms with Crippen LogP contribution in [-0.4, -0.2) is 0 Å². The molecule has 2 nitrogen and oxygen atoms in total. The van der Waals surface area contributed by atoms with Crippen LogP contribution in [0.4, 0.5) is 34.1 Å². The van der Waals surface area contributed by atoms with Crippen molar-refractivity contribution in [3.8, 4) is 0 Å². The molecule has 0 radical (unpaired) electrons. The summed E-state index contributed by atoms with van der Waals surface area (Å²) in [6, 6.07) is 52.3. The quantitative estimate of drug-likeness (QED) is 0.189. The molecular formula is C39H31N2PS. The van der Waals surface area contributed by atoms with Crippen molar-refractivity contribution in [3.05, 3.63) is 163 Å². The molecule has 208 valence electrons. The van der Waals surface area contributed by atoms with E-state index in [-0.39, 0.29) is 5.41 Å². The van der Waals surface area contributed by atoms with Crippen molar-refractivity contribution in [3.63, 3.8) is 0 Å². The largest absolute Gasteiger partial charge is 0.309 e. The minimum Gasteiger partial charge on any atom is -0.309 e. The molecule has 0 bridgehead atoms. The van der Waals surface area contributed by atoms with Gasteiger partial charge in [0, 0.05) is 27.7 Å². The van der Waals surface area contributed by atoms with Crippen LogP contribution in [0.25, 0.3) is 0 Å². The molecule has 0 amide bonds. The zero-order valence-electron chi connectivity index (χ0n) is 24.2. The lowest BCUT2D eigenvalue weighted by Gasteiger charge is -2.46. The molecule has 0 aromatic heterocycles. The third kappa shape index (κ3) is 3.75. The van der Waals surface area contributed by atoms with Gasteiger partial charge in [-0.3, -0.25) is 0 Å². The van der Waals surface area contributed by atoms with Gasteiger partial charge in [-0.15, -0.1) is 0 Å². The molecule has 1 unspecified atom stereocenters. The van der Waals surface area contributed by atoms with Crippen LogP contribution >= 0.6 is 6.04 Å². The van der Waals surface area contributed by atoms with Crippen LogP contribution in [0.15, 0.2) is 152 Å². The monoisotopic (exact) mass is 590 g/mol. The van der Waals surface area contributed by atoms with Crippen molar-refractivity contribution in [2.75, 3.05) is 9.80 Å². The lowest BCUT2D eigenvalue weighted by Crippen LogP contribution is -2.39. The number of hydrogen-bond acceptors (Lipinski definition) is 3. The molecule has 6 aromatic rings. The van der Waals surface area contributed by atoms with Crippen LogP contribution in [0.3, 0.4) is 0 Å². The Labute approximate surface area is 258 Å². The predicted octanol–water partition coefficient (Wildman–Crippen LogP) is 9.33. The molecule has 4 heteroatoms. The van der Waals surface area contributed by atoms with E-state index in [9.17, 15) is 0 Å². The summed E-state index contributed by atoms with van der Waals surface area (Å²) in [6.45, 7) is 4.67. The van der Waals surface area contributed by atoms with Gasteiger partial charge in [-0.25, -0.2) is 0 Å². The number of fused-ring (bicyclic) bond motifs is 4. The molecule has 0 spiro atoms. The SMILES string of the molecule is CC1(C)c2ccccc2N(c2cccc3c2P(=S)(c2ccccc2)c2ccccc2N3c2ccccc2)c2ccccc21. The van der Waals surface area contributed by atoms with Gasteiger partial charge in [-0.1, -0.05) is 135 Å². The summed E-state index contributed by atoms with van der Waals surface area (Å²) in [5.41, 5.74) is 9.49. The van der Waals surface area contributed by atoms with E-state index in [0.29, 0.717) is 0 Å². The van der Waals surface area contributed by atoms with Gasteiger partial charge in [0.2, 0.25) is 0 Å². The van der Waals surface area contributed by atoms with E-state index in [2.05, 4.69) is 175 Å². The van der Waals surface area contributed by atoms with Crippen molar-refractivity contribution in [1.82, 2.24) is 0 Å². The highest BCUT2D eigenvalue weighted by Gasteiger charge is 2.43. The molecule has 2 aliphatic rings. The molecule has 0 saturated heterocycles. The molecular weight excluding hydrogens is 559 g/mol. The van der Waals surface area contributed by atoms with E-state index in [4.69, 9.17) is 11.8 Å². The fraction of sp³-hybridized carbons (Fsp3) is 0.0769. The fourth-order valence-electron chi connectivity index (χ4n) is 7.06. The Bertz CT molecular complexity index is 2000. The maximum absolute atomic E-state index is 7.09. The highest BCUT2D eigenvalue weighted by atomic mass is 32.4. The van der Waals surface area contributed by atoms with Gasteiger partial charge in [0.25, 0.3) is 0 Å². The van der Waals surface area contributed by atoms with Crippen molar-refractivity contribution < 1.29 is 0 Å². The zero-order chi connectivity index (χ0) is 29.2. The molecule has 8 rings (SSSR count). The summed E-state index contributed by atoms with van der Waals surface area (Å²) in [5.74, 6) is 0. The Morgan fingerprint density at radius 3 is 1.56 bits per heavy atom. The first kappa shape index (κ1) is 26.2. The Kier molecular flexibility index (Phi) is 5.98. The summed E-state index contributed by atoms with van der Waals surface area (Å²) in [7, 11) is 0. The van der Waals surface area contributed by atoms with E-state index in [1.807, 2.05) is 0 Å². The van der Waals surface area contributed by atoms with Crippen LogP contribution in [0.2, 0.25) is 0 Å². The molecule has 0 aliphatic carbocycles. The maximum atomic E-state index is 7.09. The Hall–Kier alpha value is -4.43. The minimum atomic E-state index is -2.51. The fourth-order valence-corrected chi connectivity index (χ4v) is 11.6. The second-order valence-electron chi connectivity index (χ2n) is 11.7. The number of para-hydroxylation sites is 4. The smallest absolute Gasteiger partial charge is 0.0573 e.